The summed E-state index contributed by atoms with van der Waals surface area (Å²) >= 11 is 0. The molecule has 1 N–H and O–H groups in total. The van der Waals surface area contributed by atoms with Gasteiger partial charge in [-0.2, -0.15) is 0 Å². The molecule has 0 rings (SSSR count). The number of rotatable bonds is 6. The second kappa shape index (κ2) is 7.26. The Kier molecular flexibility index (Phi) is 6.66. The summed E-state index contributed by atoms with van der Waals surface area (Å²) in [7, 11) is 0. The number of esters is 1. The maximum absolute atomic E-state index is 11.1. The molecule has 0 aromatic heterocycles. The molecule has 0 spiro atoms. The molecule has 0 aliphatic rings. The quantitative estimate of drug-likeness (QED) is 0.392. The van der Waals surface area contributed by atoms with E-state index >= 15 is 0 Å². The zero-order valence-electron chi connectivity index (χ0n) is 8.53. The number of aliphatic hydroxyl groups is 1. The largest absolute Gasteiger partial charge is 0.466 e. The summed E-state index contributed by atoms with van der Waals surface area (Å²) in [5.41, 5.74) is 0. The Morgan fingerprint density at radius 1 is 1.50 bits per heavy atom. The van der Waals surface area contributed by atoms with Crippen LogP contribution < -0.4 is 0 Å². The SMILES string of the molecule is C/C=C/[C@@H](O)CC(=O)CC(=O)OCC. The van der Waals surface area contributed by atoms with E-state index in [0.717, 1.165) is 0 Å². The minimum absolute atomic E-state index is 0.0385. The molecule has 4 nitrogen and oxygen atoms in total. The second-order valence-corrected chi connectivity index (χ2v) is 2.82. The van der Waals surface area contributed by atoms with E-state index in [1.807, 2.05) is 0 Å². The molecule has 14 heavy (non-hydrogen) atoms. The zero-order chi connectivity index (χ0) is 11.0. The molecule has 80 valence electrons. The van der Waals surface area contributed by atoms with Gasteiger partial charge in [-0.05, 0) is 13.8 Å². The zero-order valence-corrected chi connectivity index (χ0v) is 8.53. The van der Waals surface area contributed by atoms with Crippen molar-refractivity contribution < 1.29 is 19.4 Å². The summed E-state index contributed by atoms with van der Waals surface area (Å²) in [6, 6.07) is 0. The average molecular weight is 200 g/mol. The highest BCUT2D eigenvalue weighted by molar-refractivity contribution is 5.95. The molecule has 0 aliphatic carbocycles. The van der Waals surface area contributed by atoms with Gasteiger partial charge in [0.05, 0.1) is 12.7 Å². The van der Waals surface area contributed by atoms with Crippen LogP contribution in [-0.4, -0.2) is 29.6 Å². The molecular formula is C10H16O4. The van der Waals surface area contributed by atoms with Crippen molar-refractivity contribution in [1.29, 1.82) is 0 Å². The molecule has 0 heterocycles. The molecule has 0 radical (unpaired) electrons. The van der Waals surface area contributed by atoms with E-state index in [1.54, 1.807) is 19.9 Å². The molecule has 1 atom stereocenters. The number of hydrogen-bond acceptors (Lipinski definition) is 4. The Hall–Kier alpha value is -1.16. The van der Waals surface area contributed by atoms with Crippen molar-refractivity contribution in [2.45, 2.75) is 32.8 Å². The van der Waals surface area contributed by atoms with Crippen molar-refractivity contribution in [3.63, 3.8) is 0 Å². The predicted molar refractivity (Wildman–Crippen MR) is 51.7 cm³/mol. The van der Waals surface area contributed by atoms with E-state index in [0.29, 0.717) is 0 Å². The Balaban J connectivity index is 3.80. The summed E-state index contributed by atoms with van der Waals surface area (Å²) in [4.78, 5) is 22.0. The molecule has 0 bridgehead atoms. The van der Waals surface area contributed by atoms with Gasteiger partial charge in [-0.3, -0.25) is 9.59 Å². The fraction of sp³-hybridized carbons (Fsp3) is 0.600. The average Bonchev–Trinajstić information content (AvgIpc) is 2.03. The van der Waals surface area contributed by atoms with Crippen LogP contribution in [0.15, 0.2) is 12.2 Å². The van der Waals surface area contributed by atoms with Gasteiger partial charge in [-0.1, -0.05) is 12.2 Å². The molecule has 0 saturated carbocycles. The van der Waals surface area contributed by atoms with Crippen LogP contribution in [0, 0.1) is 0 Å². The highest BCUT2D eigenvalue weighted by Crippen LogP contribution is 1.99. The van der Waals surface area contributed by atoms with Crippen LogP contribution in [0.2, 0.25) is 0 Å². The summed E-state index contributed by atoms with van der Waals surface area (Å²) in [6.07, 6.45) is 2.05. The van der Waals surface area contributed by atoms with Crippen molar-refractivity contribution >= 4 is 11.8 Å². The summed E-state index contributed by atoms with van der Waals surface area (Å²) < 4.78 is 4.59. The molecule has 0 saturated heterocycles. The van der Waals surface area contributed by atoms with Crippen molar-refractivity contribution in [3.05, 3.63) is 12.2 Å². The van der Waals surface area contributed by atoms with E-state index in [9.17, 15) is 14.7 Å². The lowest BCUT2D eigenvalue weighted by atomic mass is 10.1. The first-order valence-corrected chi connectivity index (χ1v) is 4.58. The molecule has 4 heteroatoms. The van der Waals surface area contributed by atoms with Crippen molar-refractivity contribution in [1.82, 2.24) is 0 Å². The van der Waals surface area contributed by atoms with Crippen LogP contribution >= 0.6 is 0 Å². The third kappa shape index (κ3) is 6.37. The maximum Gasteiger partial charge on any atom is 0.313 e. The molecule has 0 amide bonds. The maximum atomic E-state index is 11.1. The normalized spacial score (nSPS) is 12.8. The Morgan fingerprint density at radius 3 is 2.64 bits per heavy atom. The highest BCUT2D eigenvalue weighted by atomic mass is 16.5. The van der Waals surface area contributed by atoms with E-state index in [4.69, 9.17) is 0 Å². The number of allylic oxidation sites excluding steroid dienone is 1. The molecule has 0 aromatic carbocycles. The van der Waals surface area contributed by atoms with E-state index in [2.05, 4.69) is 4.74 Å². The van der Waals surface area contributed by atoms with Gasteiger partial charge in [-0.25, -0.2) is 0 Å². The Bertz CT molecular complexity index is 220. The number of aliphatic hydroxyl groups excluding tert-OH is 1. The first-order chi connectivity index (χ1) is 6.60. The number of ether oxygens (including phenoxy) is 1. The number of carbonyl (C=O) groups is 2. The monoisotopic (exact) mass is 200 g/mol. The van der Waals surface area contributed by atoms with Gasteiger partial charge in [0.15, 0.2) is 0 Å². The van der Waals surface area contributed by atoms with Crippen molar-refractivity contribution in [3.8, 4) is 0 Å². The molecule has 0 aliphatic heterocycles. The van der Waals surface area contributed by atoms with Gasteiger partial charge in [0.1, 0.15) is 12.2 Å². The van der Waals surface area contributed by atoms with Crippen LogP contribution in [0.1, 0.15) is 26.7 Å². The fourth-order valence-corrected chi connectivity index (χ4v) is 0.969. The number of hydrogen-bond donors (Lipinski definition) is 1. The topological polar surface area (TPSA) is 63.6 Å². The van der Waals surface area contributed by atoms with Crippen molar-refractivity contribution in [2.75, 3.05) is 6.61 Å². The summed E-state index contributed by atoms with van der Waals surface area (Å²) in [5, 5.41) is 9.20. The summed E-state index contributed by atoms with van der Waals surface area (Å²) in [5.74, 6) is -0.848. The lowest BCUT2D eigenvalue weighted by molar-refractivity contribution is -0.145. The lowest BCUT2D eigenvalue weighted by Crippen LogP contribution is -2.16. The standard InChI is InChI=1S/C10H16O4/c1-3-5-8(11)6-9(12)7-10(13)14-4-2/h3,5,8,11H,4,6-7H2,1-2H3/b5-3+/t8-/m1/s1. The van der Waals surface area contributed by atoms with Gasteiger partial charge in [0.2, 0.25) is 0 Å². The van der Waals surface area contributed by atoms with Crippen LogP contribution in [0.25, 0.3) is 0 Å². The van der Waals surface area contributed by atoms with Crippen LogP contribution in [0.5, 0.6) is 0 Å². The Morgan fingerprint density at radius 2 is 2.14 bits per heavy atom. The minimum Gasteiger partial charge on any atom is -0.466 e. The van der Waals surface area contributed by atoms with Crippen LogP contribution in [0.4, 0.5) is 0 Å². The predicted octanol–water partition coefficient (Wildman–Crippen LogP) is 0.836. The van der Waals surface area contributed by atoms with Gasteiger partial charge >= 0.3 is 5.97 Å². The smallest absolute Gasteiger partial charge is 0.313 e. The third-order valence-electron chi connectivity index (χ3n) is 1.50. The lowest BCUT2D eigenvalue weighted by Gasteiger charge is -2.04. The van der Waals surface area contributed by atoms with Crippen LogP contribution in [0.3, 0.4) is 0 Å². The van der Waals surface area contributed by atoms with Gasteiger partial charge in [0.25, 0.3) is 0 Å². The molecular weight excluding hydrogens is 184 g/mol. The fourth-order valence-electron chi connectivity index (χ4n) is 0.969. The Labute approximate surface area is 83.6 Å². The minimum atomic E-state index is -0.804. The second-order valence-electron chi connectivity index (χ2n) is 2.82. The van der Waals surface area contributed by atoms with Crippen molar-refractivity contribution in [2.24, 2.45) is 0 Å². The number of carbonyl (C=O) groups excluding carboxylic acids is 2. The van der Waals surface area contributed by atoms with Gasteiger partial charge in [0, 0.05) is 6.42 Å². The molecule has 0 fully saturated rings. The molecule has 0 unspecified atom stereocenters. The molecule has 0 aromatic rings. The number of ketones is 1. The third-order valence-corrected chi connectivity index (χ3v) is 1.50. The van der Waals surface area contributed by atoms with Gasteiger partial charge in [-0.15, -0.1) is 0 Å². The number of Topliss-reactive ketones (excluding diaryl/α,β-unsaturated/α-hetero) is 1. The van der Waals surface area contributed by atoms with Crippen LogP contribution in [-0.2, 0) is 14.3 Å². The van der Waals surface area contributed by atoms with E-state index in [-0.39, 0.29) is 25.2 Å². The van der Waals surface area contributed by atoms with Gasteiger partial charge < -0.3 is 9.84 Å². The summed E-state index contributed by atoms with van der Waals surface area (Å²) in [6.45, 7) is 3.69. The first kappa shape index (κ1) is 12.8. The first-order valence-electron chi connectivity index (χ1n) is 4.58. The van der Waals surface area contributed by atoms with E-state index < -0.39 is 12.1 Å². The van der Waals surface area contributed by atoms with E-state index in [1.165, 1.54) is 6.08 Å². The highest BCUT2D eigenvalue weighted by Gasteiger charge is 2.12.